The summed E-state index contributed by atoms with van der Waals surface area (Å²) in [7, 11) is -3.42. The summed E-state index contributed by atoms with van der Waals surface area (Å²) in [4.78, 5) is 0. The maximum absolute atomic E-state index is 12.2. The highest BCUT2D eigenvalue weighted by molar-refractivity contribution is 9.11. The van der Waals surface area contributed by atoms with E-state index in [9.17, 15) is 13.5 Å². The molecule has 1 aromatic rings. The Balaban J connectivity index is 2.02. The van der Waals surface area contributed by atoms with Crippen molar-refractivity contribution in [1.82, 2.24) is 4.72 Å². The minimum Gasteiger partial charge on any atom is -0.396 e. The van der Waals surface area contributed by atoms with Crippen LogP contribution in [0.4, 0.5) is 0 Å². The Bertz CT molecular complexity index is 522. The lowest BCUT2D eigenvalue weighted by Crippen LogP contribution is -2.31. The number of sulfonamides is 1. The average Bonchev–Trinajstić information content (AvgIpc) is 2.94. The van der Waals surface area contributed by atoms with Gasteiger partial charge >= 0.3 is 0 Å². The zero-order valence-corrected chi connectivity index (χ0v) is 13.9. The first-order valence-electron chi connectivity index (χ1n) is 6.30. The van der Waals surface area contributed by atoms with E-state index in [1.165, 1.54) is 11.3 Å². The van der Waals surface area contributed by atoms with Crippen LogP contribution in [0.5, 0.6) is 0 Å². The Morgan fingerprint density at radius 2 is 2.16 bits per heavy atom. The summed E-state index contributed by atoms with van der Waals surface area (Å²) >= 11 is 4.57. The number of aryl methyl sites for hydroxylation is 1. The smallest absolute Gasteiger partial charge is 0.250 e. The van der Waals surface area contributed by atoms with Gasteiger partial charge in [-0.25, -0.2) is 13.1 Å². The Kier molecular flexibility index (Phi) is 5.05. The summed E-state index contributed by atoms with van der Waals surface area (Å²) in [6.45, 7) is 2.44. The Morgan fingerprint density at radius 3 is 2.74 bits per heavy atom. The molecule has 7 heteroatoms. The van der Waals surface area contributed by atoms with Gasteiger partial charge in [-0.15, -0.1) is 11.3 Å². The third-order valence-electron chi connectivity index (χ3n) is 3.69. The molecule has 1 aromatic heterocycles. The van der Waals surface area contributed by atoms with Crippen molar-refractivity contribution in [3.8, 4) is 0 Å². The second-order valence-corrected chi connectivity index (χ2v) is 9.37. The molecule has 0 amide bonds. The van der Waals surface area contributed by atoms with Crippen LogP contribution in [0, 0.1) is 18.8 Å². The summed E-state index contributed by atoms with van der Waals surface area (Å²) < 4.78 is 28.2. The largest absolute Gasteiger partial charge is 0.396 e. The highest BCUT2D eigenvalue weighted by Gasteiger charge is 2.28. The first-order valence-corrected chi connectivity index (χ1v) is 9.39. The molecule has 0 aliphatic heterocycles. The topological polar surface area (TPSA) is 66.4 Å². The number of aliphatic hydroxyl groups is 1. The monoisotopic (exact) mass is 367 g/mol. The van der Waals surface area contributed by atoms with E-state index in [1.807, 2.05) is 6.92 Å². The zero-order valence-electron chi connectivity index (χ0n) is 10.7. The van der Waals surface area contributed by atoms with E-state index in [4.69, 9.17) is 0 Å². The van der Waals surface area contributed by atoms with Gasteiger partial charge in [0.15, 0.2) is 0 Å². The number of halogens is 1. The molecule has 19 heavy (non-hydrogen) atoms. The molecule has 1 aliphatic rings. The third kappa shape index (κ3) is 3.58. The predicted molar refractivity (Wildman–Crippen MR) is 79.9 cm³/mol. The molecule has 2 unspecified atom stereocenters. The molecule has 0 spiro atoms. The number of aliphatic hydroxyl groups excluding tert-OH is 1. The van der Waals surface area contributed by atoms with Crippen molar-refractivity contribution in [3.05, 3.63) is 15.4 Å². The quantitative estimate of drug-likeness (QED) is 0.839. The van der Waals surface area contributed by atoms with E-state index in [1.54, 1.807) is 6.07 Å². The van der Waals surface area contributed by atoms with Gasteiger partial charge < -0.3 is 5.11 Å². The van der Waals surface area contributed by atoms with Crippen molar-refractivity contribution in [2.24, 2.45) is 11.8 Å². The van der Waals surface area contributed by atoms with Gasteiger partial charge in [-0.2, -0.15) is 0 Å². The number of thiophene rings is 1. The molecule has 0 bridgehead atoms. The maximum Gasteiger partial charge on any atom is 0.250 e. The van der Waals surface area contributed by atoms with Crippen LogP contribution in [0.15, 0.2) is 14.1 Å². The van der Waals surface area contributed by atoms with Crippen molar-refractivity contribution in [2.75, 3.05) is 13.2 Å². The second-order valence-electron chi connectivity index (χ2n) is 5.01. The number of hydrogen-bond acceptors (Lipinski definition) is 4. The fraction of sp³-hybridized carbons (Fsp3) is 0.667. The van der Waals surface area contributed by atoms with Crippen LogP contribution in [0.2, 0.25) is 0 Å². The molecule has 2 rings (SSSR count). The molecule has 108 valence electrons. The van der Waals surface area contributed by atoms with Crippen LogP contribution in [0.25, 0.3) is 0 Å². The second kappa shape index (κ2) is 6.22. The molecule has 0 aromatic carbocycles. The molecule has 1 saturated carbocycles. The van der Waals surface area contributed by atoms with E-state index in [-0.39, 0.29) is 18.4 Å². The van der Waals surface area contributed by atoms with Crippen LogP contribution in [-0.4, -0.2) is 26.7 Å². The van der Waals surface area contributed by atoms with Crippen LogP contribution < -0.4 is 4.72 Å². The molecular weight excluding hydrogens is 350 g/mol. The van der Waals surface area contributed by atoms with Gasteiger partial charge in [0.1, 0.15) is 4.21 Å². The van der Waals surface area contributed by atoms with E-state index >= 15 is 0 Å². The molecule has 0 saturated heterocycles. The number of rotatable bonds is 5. The van der Waals surface area contributed by atoms with Crippen LogP contribution >= 0.6 is 27.3 Å². The van der Waals surface area contributed by atoms with Gasteiger partial charge in [-0.1, -0.05) is 6.42 Å². The summed E-state index contributed by atoms with van der Waals surface area (Å²) in [6, 6.07) is 1.68. The van der Waals surface area contributed by atoms with E-state index < -0.39 is 10.0 Å². The van der Waals surface area contributed by atoms with Crippen molar-refractivity contribution in [1.29, 1.82) is 0 Å². The van der Waals surface area contributed by atoms with Crippen LogP contribution in [0.1, 0.15) is 24.8 Å². The summed E-state index contributed by atoms with van der Waals surface area (Å²) in [5.41, 5.74) is 0.930. The fourth-order valence-corrected chi connectivity index (χ4v) is 5.84. The molecule has 1 fully saturated rings. The van der Waals surface area contributed by atoms with E-state index in [0.717, 1.165) is 28.6 Å². The molecular formula is C12H18BrNO3S2. The molecule has 0 radical (unpaired) electrons. The molecule has 2 N–H and O–H groups in total. The van der Waals surface area contributed by atoms with Gasteiger partial charge in [0, 0.05) is 13.2 Å². The summed E-state index contributed by atoms with van der Waals surface area (Å²) in [6.07, 6.45) is 3.05. The number of nitrogens with one attached hydrogen (secondary N) is 1. The lowest BCUT2D eigenvalue weighted by molar-refractivity contribution is 0.195. The molecule has 1 heterocycles. The average molecular weight is 368 g/mol. The lowest BCUT2D eigenvalue weighted by atomic mass is 9.97. The van der Waals surface area contributed by atoms with Gasteiger partial charge in [0.25, 0.3) is 0 Å². The SMILES string of the molecule is Cc1cc(S(=O)(=O)NCC2CCCC2CO)sc1Br. The maximum atomic E-state index is 12.2. The van der Waals surface area contributed by atoms with E-state index in [0.29, 0.717) is 10.8 Å². The predicted octanol–water partition coefficient (Wildman–Crippen LogP) is 2.51. The highest BCUT2D eigenvalue weighted by atomic mass is 79.9. The van der Waals surface area contributed by atoms with Crippen LogP contribution in [-0.2, 0) is 10.0 Å². The minimum atomic E-state index is -3.42. The van der Waals surface area contributed by atoms with Crippen molar-refractivity contribution < 1.29 is 13.5 Å². The number of hydrogen-bond donors (Lipinski definition) is 2. The normalized spacial score (nSPS) is 23.9. The first kappa shape index (κ1) is 15.4. The van der Waals surface area contributed by atoms with Crippen LogP contribution in [0.3, 0.4) is 0 Å². The van der Waals surface area contributed by atoms with Crippen molar-refractivity contribution in [3.63, 3.8) is 0 Å². The van der Waals surface area contributed by atoms with Gasteiger partial charge in [0.05, 0.1) is 3.79 Å². The molecule has 1 aliphatic carbocycles. The van der Waals surface area contributed by atoms with Crippen molar-refractivity contribution in [2.45, 2.75) is 30.4 Å². The Morgan fingerprint density at radius 1 is 1.47 bits per heavy atom. The summed E-state index contributed by atoms with van der Waals surface area (Å²) in [5.74, 6) is 0.490. The van der Waals surface area contributed by atoms with Crippen molar-refractivity contribution >= 4 is 37.3 Å². The minimum absolute atomic E-state index is 0.149. The van der Waals surface area contributed by atoms with Gasteiger partial charge in [-0.05, 0) is 59.2 Å². The Hall–Kier alpha value is 0.0500. The molecule has 4 nitrogen and oxygen atoms in total. The first-order chi connectivity index (χ1) is 8.94. The highest BCUT2D eigenvalue weighted by Crippen LogP contribution is 2.32. The zero-order chi connectivity index (χ0) is 14.0. The fourth-order valence-electron chi connectivity index (χ4n) is 2.47. The van der Waals surface area contributed by atoms with Gasteiger partial charge in [-0.3, -0.25) is 0 Å². The lowest BCUT2D eigenvalue weighted by Gasteiger charge is -2.17. The van der Waals surface area contributed by atoms with Gasteiger partial charge in [0.2, 0.25) is 10.0 Å². The third-order valence-corrected chi connectivity index (χ3v) is 7.72. The standard InChI is InChI=1S/C12H18BrNO3S2/c1-8-5-11(18-12(8)13)19(16,17)14-6-9-3-2-4-10(9)7-15/h5,9-10,14-15H,2-4,6-7H2,1H3. The molecule has 2 atom stereocenters. The summed E-state index contributed by atoms with van der Waals surface area (Å²) in [5, 5.41) is 9.24. The van der Waals surface area contributed by atoms with E-state index in [2.05, 4.69) is 20.7 Å². The Labute approximate surface area is 126 Å².